The Morgan fingerprint density at radius 3 is 2.76 bits per heavy atom. The minimum atomic E-state index is -0.0922. The van der Waals surface area contributed by atoms with E-state index in [-0.39, 0.29) is 11.9 Å². The second kappa shape index (κ2) is 8.15. The van der Waals surface area contributed by atoms with Crippen LogP contribution in [0.3, 0.4) is 0 Å². The molecule has 0 aliphatic carbocycles. The molecule has 1 aliphatic heterocycles. The summed E-state index contributed by atoms with van der Waals surface area (Å²) in [4.78, 5) is 12.1. The van der Waals surface area contributed by atoms with Gasteiger partial charge in [0, 0.05) is 12.6 Å². The molecule has 0 bridgehead atoms. The molecule has 0 radical (unpaired) electrons. The van der Waals surface area contributed by atoms with Gasteiger partial charge < -0.3 is 5.32 Å². The molecule has 2 atom stereocenters. The number of aryl methyl sites for hydroxylation is 1. The van der Waals surface area contributed by atoms with Gasteiger partial charge in [-0.2, -0.15) is 0 Å². The first-order valence-electron chi connectivity index (χ1n) is 7.98. The fraction of sp³-hybridized carbons (Fsp3) is 0.588. The van der Waals surface area contributed by atoms with Crippen molar-refractivity contribution in [3.8, 4) is 0 Å². The third-order valence-electron chi connectivity index (χ3n) is 3.84. The molecule has 0 aromatic heterocycles. The highest BCUT2D eigenvalue weighted by Crippen LogP contribution is 2.13. The summed E-state index contributed by atoms with van der Waals surface area (Å²) in [5, 5.41) is 3.03. The lowest BCUT2D eigenvalue weighted by molar-refractivity contribution is -0.122. The van der Waals surface area contributed by atoms with Crippen LogP contribution in [0.25, 0.3) is 0 Å². The van der Waals surface area contributed by atoms with E-state index >= 15 is 0 Å². The molecular formula is C17H27N3O. The number of carbonyl (C=O) groups is 1. The van der Waals surface area contributed by atoms with Crippen molar-refractivity contribution in [3.05, 3.63) is 35.9 Å². The summed E-state index contributed by atoms with van der Waals surface area (Å²) in [6, 6.07) is 10.7. The number of hydrogen-bond donors (Lipinski definition) is 3. The van der Waals surface area contributed by atoms with Crippen LogP contribution in [0.5, 0.6) is 0 Å². The van der Waals surface area contributed by atoms with Crippen molar-refractivity contribution in [2.24, 2.45) is 5.92 Å². The summed E-state index contributed by atoms with van der Waals surface area (Å²) in [5.74, 6) is 0.763. The van der Waals surface area contributed by atoms with Gasteiger partial charge in [-0.3, -0.25) is 10.2 Å². The van der Waals surface area contributed by atoms with Crippen LogP contribution in [-0.2, 0) is 11.2 Å². The SMILES string of the molecule is CC(C)CC1CC(C(=O)NCCCc2ccccc2)NN1. The molecule has 4 heteroatoms. The lowest BCUT2D eigenvalue weighted by Gasteiger charge is -2.11. The number of rotatable bonds is 7. The Balaban J connectivity index is 1.62. The molecular weight excluding hydrogens is 262 g/mol. The van der Waals surface area contributed by atoms with E-state index in [1.54, 1.807) is 0 Å². The summed E-state index contributed by atoms with van der Waals surface area (Å²) < 4.78 is 0. The molecule has 4 nitrogen and oxygen atoms in total. The normalized spacial score (nSPS) is 21.7. The average Bonchev–Trinajstić information content (AvgIpc) is 2.92. The number of nitrogens with one attached hydrogen (secondary N) is 3. The summed E-state index contributed by atoms with van der Waals surface area (Å²) >= 11 is 0. The molecule has 3 N–H and O–H groups in total. The average molecular weight is 289 g/mol. The highest BCUT2D eigenvalue weighted by Gasteiger charge is 2.28. The van der Waals surface area contributed by atoms with Crippen LogP contribution in [-0.4, -0.2) is 24.5 Å². The number of carbonyl (C=O) groups excluding carboxylic acids is 1. The first-order valence-corrected chi connectivity index (χ1v) is 7.98. The molecule has 2 rings (SSSR count). The van der Waals surface area contributed by atoms with Crippen molar-refractivity contribution in [3.63, 3.8) is 0 Å². The van der Waals surface area contributed by atoms with Gasteiger partial charge in [-0.05, 0) is 37.2 Å². The second-order valence-corrected chi connectivity index (χ2v) is 6.28. The van der Waals surface area contributed by atoms with Crippen LogP contribution in [0.15, 0.2) is 30.3 Å². The van der Waals surface area contributed by atoms with Crippen molar-refractivity contribution in [2.75, 3.05) is 6.54 Å². The van der Waals surface area contributed by atoms with E-state index in [1.165, 1.54) is 5.56 Å². The fourth-order valence-corrected chi connectivity index (χ4v) is 2.79. The van der Waals surface area contributed by atoms with Crippen molar-refractivity contribution in [1.82, 2.24) is 16.2 Å². The second-order valence-electron chi connectivity index (χ2n) is 6.28. The molecule has 116 valence electrons. The van der Waals surface area contributed by atoms with E-state index in [2.05, 4.69) is 54.3 Å². The van der Waals surface area contributed by atoms with Gasteiger partial charge in [-0.1, -0.05) is 44.2 Å². The van der Waals surface area contributed by atoms with Gasteiger partial charge in [-0.15, -0.1) is 0 Å². The Morgan fingerprint density at radius 1 is 1.29 bits per heavy atom. The number of hydrogen-bond acceptors (Lipinski definition) is 3. The fourth-order valence-electron chi connectivity index (χ4n) is 2.79. The quantitative estimate of drug-likeness (QED) is 0.673. The van der Waals surface area contributed by atoms with Crippen molar-refractivity contribution < 1.29 is 4.79 Å². The molecule has 1 heterocycles. The van der Waals surface area contributed by atoms with Gasteiger partial charge in [0.1, 0.15) is 6.04 Å². The highest BCUT2D eigenvalue weighted by atomic mass is 16.2. The maximum atomic E-state index is 12.1. The highest BCUT2D eigenvalue weighted by molar-refractivity contribution is 5.81. The monoisotopic (exact) mass is 289 g/mol. The minimum Gasteiger partial charge on any atom is -0.355 e. The molecule has 0 spiro atoms. The molecule has 0 saturated carbocycles. The number of hydrazine groups is 1. The van der Waals surface area contributed by atoms with Gasteiger partial charge in [0.15, 0.2) is 0 Å². The zero-order chi connectivity index (χ0) is 15.1. The minimum absolute atomic E-state index is 0.0922. The Morgan fingerprint density at radius 2 is 2.05 bits per heavy atom. The van der Waals surface area contributed by atoms with Gasteiger partial charge in [0.05, 0.1) is 0 Å². The Hall–Kier alpha value is -1.39. The Labute approximate surface area is 127 Å². The lowest BCUT2D eigenvalue weighted by Crippen LogP contribution is -2.43. The molecule has 2 unspecified atom stereocenters. The summed E-state index contributed by atoms with van der Waals surface area (Å²) in [5.41, 5.74) is 7.66. The van der Waals surface area contributed by atoms with Crippen LogP contribution in [0, 0.1) is 5.92 Å². The lowest BCUT2D eigenvalue weighted by atomic mass is 10.00. The Kier molecular flexibility index (Phi) is 6.21. The van der Waals surface area contributed by atoms with Crippen LogP contribution in [0.4, 0.5) is 0 Å². The van der Waals surface area contributed by atoms with Crippen molar-refractivity contribution >= 4 is 5.91 Å². The molecule has 1 aliphatic rings. The third kappa shape index (κ3) is 5.48. The predicted molar refractivity (Wildman–Crippen MR) is 85.7 cm³/mol. The zero-order valence-corrected chi connectivity index (χ0v) is 13.1. The van der Waals surface area contributed by atoms with Crippen molar-refractivity contribution in [1.29, 1.82) is 0 Å². The van der Waals surface area contributed by atoms with Gasteiger partial charge in [0.2, 0.25) is 5.91 Å². The van der Waals surface area contributed by atoms with Crippen LogP contribution in [0.2, 0.25) is 0 Å². The first kappa shape index (κ1) is 16.0. The standard InChI is InChI=1S/C17H27N3O/c1-13(2)11-15-12-16(20-19-15)17(21)18-10-6-9-14-7-4-3-5-8-14/h3-5,7-8,13,15-16,19-20H,6,9-12H2,1-2H3,(H,18,21). The van der Waals surface area contributed by atoms with Crippen LogP contribution < -0.4 is 16.2 Å². The van der Waals surface area contributed by atoms with E-state index < -0.39 is 0 Å². The van der Waals surface area contributed by atoms with Crippen LogP contribution in [0.1, 0.15) is 38.7 Å². The smallest absolute Gasteiger partial charge is 0.238 e. The third-order valence-corrected chi connectivity index (χ3v) is 3.84. The van der Waals surface area contributed by atoms with Gasteiger partial charge in [-0.25, -0.2) is 5.43 Å². The zero-order valence-electron chi connectivity index (χ0n) is 13.1. The molecule has 1 saturated heterocycles. The Bertz CT molecular complexity index is 433. The maximum absolute atomic E-state index is 12.1. The van der Waals surface area contributed by atoms with Crippen LogP contribution >= 0.6 is 0 Å². The summed E-state index contributed by atoms with van der Waals surface area (Å²) in [7, 11) is 0. The number of benzene rings is 1. The summed E-state index contributed by atoms with van der Waals surface area (Å²) in [6.45, 7) is 5.15. The topological polar surface area (TPSA) is 53.2 Å². The molecule has 21 heavy (non-hydrogen) atoms. The molecule has 1 aromatic rings. The molecule has 1 amide bonds. The first-order chi connectivity index (χ1) is 10.1. The van der Waals surface area contributed by atoms with E-state index in [4.69, 9.17) is 0 Å². The maximum Gasteiger partial charge on any atom is 0.238 e. The molecule has 1 aromatic carbocycles. The molecule has 1 fully saturated rings. The van der Waals surface area contributed by atoms with E-state index in [0.717, 1.165) is 32.2 Å². The summed E-state index contributed by atoms with van der Waals surface area (Å²) in [6.07, 6.45) is 3.96. The van der Waals surface area contributed by atoms with E-state index in [9.17, 15) is 4.79 Å². The van der Waals surface area contributed by atoms with E-state index in [1.807, 2.05) is 6.07 Å². The van der Waals surface area contributed by atoms with E-state index in [0.29, 0.717) is 12.0 Å². The van der Waals surface area contributed by atoms with Gasteiger partial charge in [0.25, 0.3) is 0 Å². The largest absolute Gasteiger partial charge is 0.355 e. The number of amides is 1. The predicted octanol–water partition coefficient (Wildman–Crippen LogP) is 2.02. The van der Waals surface area contributed by atoms with Gasteiger partial charge >= 0.3 is 0 Å². The van der Waals surface area contributed by atoms with Crippen molar-refractivity contribution in [2.45, 2.75) is 51.6 Å².